The van der Waals surface area contributed by atoms with Crippen molar-refractivity contribution in [1.82, 2.24) is 5.32 Å². The number of nitrogens with one attached hydrogen (secondary N) is 1. The summed E-state index contributed by atoms with van der Waals surface area (Å²) in [6.07, 6.45) is -4.63. The van der Waals surface area contributed by atoms with Crippen LogP contribution in [-0.2, 0) is 9.53 Å². The van der Waals surface area contributed by atoms with Crippen LogP contribution < -0.4 is 5.32 Å². The molecule has 0 amide bonds. The molecule has 0 bridgehead atoms. The first-order valence-corrected chi connectivity index (χ1v) is 5.08. The van der Waals surface area contributed by atoms with Gasteiger partial charge in [-0.25, -0.2) is 13.6 Å². The molecule has 0 spiro atoms. The van der Waals surface area contributed by atoms with E-state index in [0.717, 1.165) is 25.3 Å². The van der Waals surface area contributed by atoms with Crippen LogP contribution in [-0.4, -0.2) is 25.8 Å². The van der Waals surface area contributed by atoms with Crippen molar-refractivity contribution >= 4 is 5.97 Å². The summed E-state index contributed by atoms with van der Waals surface area (Å²) in [6.45, 7) is -1.58. The number of alkyl halides is 3. The molecular weight excluding hydrogens is 273 g/mol. The first-order chi connectivity index (χ1) is 8.76. The highest BCUT2D eigenvalue weighted by molar-refractivity contribution is 5.77. The van der Waals surface area contributed by atoms with Crippen LogP contribution in [0.4, 0.5) is 22.0 Å². The molecule has 1 aromatic rings. The quantitative estimate of drug-likeness (QED) is 0.681. The molecule has 0 radical (unpaired) electrons. The van der Waals surface area contributed by atoms with Gasteiger partial charge < -0.3 is 4.74 Å². The molecule has 19 heavy (non-hydrogen) atoms. The van der Waals surface area contributed by atoms with Crippen LogP contribution in [0.1, 0.15) is 11.6 Å². The lowest BCUT2D eigenvalue weighted by atomic mass is 10.1. The number of hydrogen-bond donors (Lipinski definition) is 1. The van der Waals surface area contributed by atoms with Crippen LogP contribution in [0.5, 0.6) is 0 Å². The van der Waals surface area contributed by atoms with Crippen LogP contribution in [0.2, 0.25) is 0 Å². The predicted octanol–water partition coefficient (Wildman–Crippen LogP) is 2.33. The van der Waals surface area contributed by atoms with Crippen molar-refractivity contribution in [3.63, 3.8) is 0 Å². The zero-order valence-corrected chi connectivity index (χ0v) is 9.72. The van der Waals surface area contributed by atoms with Gasteiger partial charge in [-0.3, -0.25) is 5.32 Å². The van der Waals surface area contributed by atoms with E-state index in [2.05, 4.69) is 4.74 Å². The van der Waals surface area contributed by atoms with Gasteiger partial charge in [0.25, 0.3) is 0 Å². The Labute approximate surface area is 105 Å². The average molecular weight is 283 g/mol. The summed E-state index contributed by atoms with van der Waals surface area (Å²) in [7, 11) is 0.906. The summed E-state index contributed by atoms with van der Waals surface area (Å²) in [5, 5.41) is 1.73. The number of methoxy groups -OCH3 is 1. The predicted molar refractivity (Wildman–Crippen MR) is 55.2 cm³/mol. The topological polar surface area (TPSA) is 38.3 Å². The lowest BCUT2D eigenvalue weighted by molar-refractivity contribution is -0.147. The zero-order valence-electron chi connectivity index (χ0n) is 9.72. The van der Waals surface area contributed by atoms with E-state index in [1.807, 2.05) is 0 Å². The van der Waals surface area contributed by atoms with Gasteiger partial charge in [0, 0.05) is 0 Å². The van der Waals surface area contributed by atoms with Gasteiger partial charge in [0.05, 0.1) is 19.2 Å². The minimum Gasteiger partial charge on any atom is -0.468 e. The van der Waals surface area contributed by atoms with Gasteiger partial charge >= 0.3 is 12.1 Å². The SMILES string of the molecule is COC(=O)C(NCC(F)(F)F)c1c(F)cccc1F. The van der Waals surface area contributed by atoms with Crippen LogP contribution >= 0.6 is 0 Å². The zero-order chi connectivity index (χ0) is 14.6. The van der Waals surface area contributed by atoms with Crippen molar-refractivity contribution in [2.24, 2.45) is 0 Å². The molecule has 0 heterocycles. The maximum atomic E-state index is 13.4. The number of benzene rings is 1. The smallest absolute Gasteiger partial charge is 0.401 e. The van der Waals surface area contributed by atoms with Gasteiger partial charge in [-0.1, -0.05) is 6.07 Å². The molecule has 106 valence electrons. The van der Waals surface area contributed by atoms with E-state index in [1.54, 1.807) is 5.32 Å². The standard InChI is InChI=1S/C11H10F5NO2/c1-19-10(18)9(17-5-11(14,15)16)8-6(12)3-2-4-7(8)13/h2-4,9,17H,5H2,1H3. The number of rotatable bonds is 4. The van der Waals surface area contributed by atoms with Crippen LogP contribution in [0, 0.1) is 11.6 Å². The van der Waals surface area contributed by atoms with Crippen molar-refractivity contribution in [3.8, 4) is 0 Å². The second-order valence-electron chi connectivity index (χ2n) is 3.59. The van der Waals surface area contributed by atoms with Gasteiger partial charge in [0.1, 0.15) is 17.7 Å². The molecule has 0 saturated carbocycles. The maximum absolute atomic E-state index is 13.4. The third kappa shape index (κ3) is 4.16. The lowest BCUT2D eigenvalue weighted by Gasteiger charge is -2.19. The summed E-state index contributed by atoms with van der Waals surface area (Å²) >= 11 is 0. The normalized spacial score (nSPS) is 13.2. The van der Waals surface area contributed by atoms with Gasteiger partial charge in [0.2, 0.25) is 0 Å². The summed E-state index contributed by atoms with van der Waals surface area (Å²) in [4.78, 5) is 11.3. The fraction of sp³-hybridized carbons (Fsp3) is 0.364. The molecule has 3 nitrogen and oxygen atoms in total. The molecule has 8 heteroatoms. The monoisotopic (exact) mass is 283 g/mol. The van der Waals surface area contributed by atoms with Crippen molar-refractivity contribution in [1.29, 1.82) is 0 Å². The van der Waals surface area contributed by atoms with Crippen molar-refractivity contribution in [2.75, 3.05) is 13.7 Å². The second-order valence-corrected chi connectivity index (χ2v) is 3.59. The van der Waals surface area contributed by atoms with Crippen LogP contribution in [0.25, 0.3) is 0 Å². The highest BCUT2D eigenvalue weighted by Gasteiger charge is 2.33. The van der Waals surface area contributed by atoms with Gasteiger partial charge in [-0.15, -0.1) is 0 Å². The largest absolute Gasteiger partial charge is 0.468 e. The van der Waals surface area contributed by atoms with Gasteiger partial charge in [-0.2, -0.15) is 13.2 Å². The van der Waals surface area contributed by atoms with E-state index in [1.165, 1.54) is 0 Å². The highest BCUT2D eigenvalue weighted by atomic mass is 19.4. The second kappa shape index (κ2) is 5.96. The Hall–Kier alpha value is -1.70. The molecule has 0 aliphatic rings. The third-order valence-corrected chi connectivity index (χ3v) is 2.23. The number of halogens is 5. The van der Waals surface area contributed by atoms with E-state index in [4.69, 9.17) is 0 Å². The summed E-state index contributed by atoms with van der Waals surface area (Å²) in [6, 6.07) is 0.840. The number of carbonyl (C=O) groups is 1. The molecule has 1 N–H and O–H groups in total. The molecule has 0 fully saturated rings. The van der Waals surface area contributed by atoms with E-state index < -0.39 is 41.9 Å². The Morgan fingerprint density at radius 1 is 1.32 bits per heavy atom. The molecule has 1 atom stereocenters. The highest BCUT2D eigenvalue weighted by Crippen LogP contribution is 2.23. The third-order valence-electron chi connectivity index (χ3n) is 2.23. The Kier molecular flexibility index (Phi) is 4.82. The molecule has 0 aliphatic carbocycles. The number of esters is 1. The first-order valence-electron chi connectivity index (χ1n) is 5.08. The maximum Gasteiger partial charge on any atom is 0.401 e. The molecule has 1 aromatic carbocycles. The van der Waals surface area contributed by atoms with Crippen LogP contribution in [0.15, 0.2) is 18.2 Å². The number of ether oxygens (including phenoxy) is 1. The Bertz CT molecular complexity index is 441. The minimum atomic E-state index is -4.63. The number of carbonyl (C=O) groups excluding carboxylic acids is 1. The molecule has 0 saturated heterocycles. The van der Waals surface area contributed by atoms with E-state index >= 15 is 0 Å². The molecular formula is C11H10F5NO2. The summed E-state index contributed by atoms with van der Waals surface area (Å²) in [5.74, 6) is -3.48. The average Bonchev–Trinajstić information content (AvgIpc) is 2.30. The molecule has 0 aliphatic heterocycles. The van der Waals surface area contributed by atoms with Crippen molar-refractivity contribution < 1.29 is 31.5 Å². The summed E-state index contributed by atoms with van der Waals surface area (Å²) in [5.41, 5.74) is -0.807. The van der Waals surface area contributed by atoms with Crippen LogP contribution in [0.3, 0.4) is 0 Å². The van der Waals surface area contributed by atoms with E-state index in [-0.39, 0.29) is 0 Å². The summed E-state index contributed by atoms with van der Waals surface area (Å²) < 4.78 is 67.4. The first kappa shape index (κ1) is 15.4. The fourth-order valence-electron chi connectivity index (χ4n) is 1.43. The minimum absolute atomic E-state index is 0.807. The Balaban J connectivity index is 3.07. The molecule has 0 aromatic heterocycles. The lowest BCUT2D eigenvalue weighted by Crippen LogP contribution is -2.37. The van der Waals surface area contributed by atoms with Crippen molar-refractivity contribution in [3.05, 3.63) is 35.4 Å². The molecule has 1 rings (SSSR count). The van der Waals surface area contributed by atoms with Crippen molar-refractivity contribution in [2.45, 2.75) is 12.2 Å². The van der Waals surface area contributed by atoms with E-state index in [9.17, 15) is 26.7 Å². The van der Waals surface area contributed by atoms with Gasteiger partial charge in [0.15, 0.2) is 0 Å². The van der Waals surface area contributed by atoms with E-state index in [0.29, 0.717) is 0 Å². The van der Waals surface area contributed by atoms with Gasteiger partial charge in [-0.05, 0) is 12.1 Å². The number of hydrogen-bond acceptors (Lipinski definition) is 3. The molecule has 1 unspecified atom stereocenters. The Morgan fingerprint density at radius 3 is 2.26 bits per heavy atom. The fourth-order valence-corrected chi connectivity index (χ4v) is 1.43. The Morgan fingerprint density at radius 2 is 1.84 bits per heavy atom.